The zero-order chi connectivity index (χ0) is 12.3. The lowest BCUT2D eigenvalue weighted by Gasteiger charge is -2.09. The van der Waals surface area contributed by atoms with E-state index < -0.39 is 0 Å². The van der Waals surface area contributed by atoms with Gasteiger partial charge in [-0.1, -0.05) is 41.3 Å². The summed E-state index contributed by atoms with van der Waals surface area (Å²) in [5.41, 5.74) is 2.88. The third kappa shape index (κ3) is 3.27. The summed E-state index contributed by atoms with van der Waals surface area (Å²) < 4.78 is 5.72. The van der Waals surface area contributed by atoms with E-state index in [1.807, 2.05) is 49.4 Å². The Labute approximate surface area is 108 Å². The molecule has 0 fully saturated rings. The van der Waals surface area contributed by atoms with Gasteiger partial charge in [0, 0.05) is 5.02 Å². The third-order valence-electron chi connectivity index (χ3n) is 2.51. The lowest BCUT2D eigenvalue weighted by molar-refractivity contribution is 0.304. The van der Waals surface area contributed by atoms with Crippen LogP contribution in [-0.2, 0) is 6.61 Å². The second-order valence-electron chi connectivity index (χ2n) is 3.94. The van der Waals surface area contributed by atoms with Crippen LogP contribution < -0.4 is 10.2 Å². The minimum atomic E-state index is 0.530. The van der Waals surface area contributed by atoms with Gasteiger partial charge in [0.05, 0.1) is 0 Å². The molecule has 2 aromatic carbocycles. The van der Waals surface area contributed by atoms with Gasteiger partial charge in [-0.15, -0.1) is 0 Å². The second-order valence-corrected chi connectivity index (χ2v) is 4.38. The lowest BCUT2D eigenvalue weighted by Crippen LogP contribution is -2.04. The molecular formula is C14H12BClO. The second kappa shape index (κ2) is 5.28. The zero-order valence-corrected chi connectivity index (χ0v) is 10.4. The van der Waals surface area contributed by atoms with Crippen LogP contribution >= 0.6 is 11.6 Å². The van der Waals surface area contributed by atoms with E-state index in [9.17, 15) is 0 Å². The van der Waals surface area contributed by atoms with Crippen LogP contribution in [0.25, 0.3) is 0 Å². The normalized spacial score (nSPS) is 10.2. The van der Waals surface area contributed by atoms with Gasteiger partial charge in [-0.05, 0) is 36.2 Å². The standard InChI is InChI=1S/C14H12BClO/c1-10-8-12(15)4-7-14(10)17-9-11-2-5-13(16)6-3-11/h2-8H,9H2,1H3. The number of halogens is 1. The van der Waals surface area contributed by atoms with Gasteiger partial charge in [0.2, 0.25) is 0 Å². The molecule has 0 saturated heterocycles. The Morgan fingerprint density at radius 1 is 1.12 bits per heavy atom. The highest BCUT2D eigenvalue weighted by molar-refractivity contribution is 6.32. The average molecular weight is 243 g/mol. The molecule has 0 atom stereocenters. The van der Waals surface area contributed by atoms with E-state index in [1.54, 1.807) is 0 Å². The van der Waals surface area contributed by atoms with Crippen LogP contribution in [-0.4, -0.2) is 7.85 Å². The number of rotatable bonds is 3. The highest BCUT2D eigenvalue weighted by atomic mass is 35.5. The molecule has 0 aliphatic rings. The highest BCUT2D eigenvalue weighted by Crippen LogP contribution is 2.17. The predicted molar refractivity (Wildman–Crippen MR) is 72.4 cm³/mol. The van der Waals surface area contributed by atoms with Crippen LogP contribution in [0.3, 0.4) is 0 Å². The SMILES string of the molecule is [B]c1ccc(OCc2ccc(Cl)cc2)c(C)c1. The average Bonchev–Trinajstić information content (AvgIpc) is 2.30. The molecule has 2 aromatic rings. The summed E-state index contributed by atoms with van der Waals surface area (Å²) >= 11 is 5.82. The fourth-order valence-corrected chi connectivity index (χ4v) is 1.70. The number of hydrogen-bond donors (Lipinski definition) is 0. The van der Waals surface area contributed by atoms with E-state index in [0.717, 1.165) is 27.4 Å². The van der Waals surface area contributed by atoms with E-state index >= 15 is 0 Å². The van der Waals surface area contributed by atoms with Crippen molar-refractivity contribution in [3.8, 4) is 5.75 Å². The van der Waals surface area contributed by atoms with Gasteiger partial charge in [0.25, 0.3) is 0 Å². The monoisotopic (exact) mass is 242 g/mol. The number of aryl methyl sites for hydroxylation is 1. The molecule has 0 heterocycles. The van der Waals surface area contributed by atoms with Crippen LogP contribution in [0.15, 0.2) is 42.5 Å². The summed E-state index contributed by atoms with van der Waals surface area (Å²) in [5, 5.41) is 0.734. The first-order chi connectivity index (χ1) is 8.15. The smallest absolute Gasteiger partial charge is 0.122 e. The summed E-state index contributed by atoms with van der Waals surface area (Å²) in [6.45, 7) is 2.51. The molecule has 0 amide bonds. The molecule has 0 unspecified atom stereocenters. The van der Waals surface area contributed by atoms with Crippen molar-refractivity contribution in [3.63, 3.8) is 0 Å². The molecule has 0 spiro atoms. The van der Waals surface area contributed by atoms with Crippen molar-refractivity contribution in [2.24, 2.45) is 0 Å². The fourth-order valence-electron chi connectivity index (χ4n) is 1.58. The Hall–Kier alpha value is -1.41. The molecule has 1 nitrogen and oxygen atoms in total. The van der Waals surface area contributed by atoms with E-state index in [-0.39, 0.29) is 0 Å². The molecule has 0 aliphatic carbocycles. The topological polar surface area (TPSA) is 9.23 Å². The number of benzene rings is 2. The van der Waals surface area contributed by atoms with Crippen LogP contribution in [0, 0.1) is 6.92 Å². The summed E-state index contributed by atoms with van der Waals surface area (Å²) in [6.07, 6.45) is 0. The predicted octanol–water partition coefficient (Wildman–Crippen LogP) is 3.02. The van der Waals surface area contributed by atoms with Crippen LogP contribution in [0.2, 0.25) is 5.02 Å². The van der Waals surface area contributed by atoms with Crippen molar-refractivity contribution >= 4 is 24.9 Å². The van der Waals surface area contributed by atoms with E-state index in [1.165, 1.54) is 0 Å². The third-order valence-corrected chi connectivity index (χ3v) is 2.76. The summed E-state index contributed by atoms with van der Waals surface area (Å²) in [7, 11) is 5.68. The van der Waals surface area contributed by atoms with Crippen LogP contribution in [0.1, 0.15) is 11.1 Å². The van der Waals surface area contributed by atoms with Crippen molar-refractivity contribution < 1.29 is 4.74 Å². The largest absolute Gasteiger partial charge is 0.489 e. The van der Waals surface area contributed by atoms with Gasteiger partial charge in [0.15, 0.2) is 0 Å². The number of ether oxygens (including phenoxy) is 1. The van der Waals surface area contributed by atoms with Crippen molar-refractivity contribution in [2.75, 3.05) is 0 Å². The minimum Gasteiger partial charge on any atom is -0.489 e. The molecule has 17 heavy (non-hydrogen) atoms. The first kappa shape index (κ1) is 12.1. The molecule has 0 aliphatic heterocycles. The Morgan fingerprint density at radius 2 is 1.82 bits per heavy atom. The molecule has 0 saturated carbocycles. The molecule has 0 bridgehead atoms. The maximum Gasteiger partial charge on any atom is 0.122 e. The van der Waals surface area contributed by atoms with E-state index in [0.29, 0.717) is 6.61 Å². The quantitative estimate of drug-likeness (QED) is 0.752. The van der Waals surface area contributed by atoms with E-state index in [4.69, 9.17) is 24.2 Å². The molecule has 2 radical (unpaired) electrons. The summed E-state index contributed by atoms with van der Waals surface area (Å²) in [4.78, 5) is 0. The van der Waals surface area contributed by atoms with Gasteiger partial charge in [0.1, 0.15) is 20.2 Å². The van der Waals surface area contributed by atoms with Gasteiger partial charge >= 0.3 is 0 Å². The fraction of sp³-hybridized carbons (Fsp3) is 0.143. The molecule has 2 rings (SSSR count). The Morgan fingerprint density at radius 3 is 2.47 bits per heavy atom. The van der Waals surface area contributed by atoms with Gasteiger partial charge in [-0.25, -0.2) is 0 Å². The van der Waals surface area contributed by atoms with Crippen molar-refractivity contribution in [2.45, 2.75) is 13.5 Å². The van der Waals surface area contributed by atoms with Crippen LogP contribution in [0.5, 0.6) is 5.75 Å². The number of hydrogen-bond acceptors (Lipinski definition) is 1. The molecule has 0 aromatic heterocycles. The lowest BCUT2D eigenvalue weighted by atomic mass is 9.94. The first-order valence-electron chi connectivity index (χ1n) is 5.38. The first-order valence-corrected chi connectivity index (χ1v) is 5.76. The maximum absolute atomic E-state index is 5.82. The molecule has 3 heteroatoms. The summed E-state index contributed by atoms with van der Waals surface area (Å²) in [5.74, 6) is 0.856. The zero-order valence-electron chi connectivity index (χ0n) is 9.61. The Balaban J connectivity index is 2.04. The van der Waals surface area contributed by atoms with Crippen molar-refractivity contribution in [1.29, 1.82) is 0 Å². The van der Waals surface area contributed by atoms with Gasteiger partial charge in [-0.3, -0.25) is 0 Å². The van der Waals surface area contributed by atoms with Gasteiger partial charge < -0.3 is 4.74 Å². The molecule has 0 N–H and O–H groups in total. The minimum absolute atomic E-state index is 0.530. The van der Waals surface area contributed by atoms with E-state index in [2.05, 4.69) is 0 Å². The van der Waals surface area contributed by atoms with Crippen molar-refractivity contribution in [1.82, 2.24) is 0 Å². The maximum atomic E-state index is 5.82. The van der Waals surface area contributed by atoms with Gasteiger partial charge in [-0.2, -0.15) is 0 Å². The van der Waals surface area contributed by atoms with Crippen LogP contribution in [0.4, 0.5) is 0 Å². The Kier molecular flexibility index (Phi) is 3.75. The Bertz CT molecular complexity index is 508. The summed E-state index contributed by atoms with van der Waals surface area (Å²) in [6, 6.07) is 13.2. The molecule has 84 valence electrons. The molecular weight excluding hydrogens is 230 g/mol. The highest BCUT2D eigenvalue weighted by Gasteiger charge is 2.00. The van der Waals surface area contributed by atoms with Crippen molar-refractivity contribution in [3.05, 3.63) is 58.6 Å².